The zero-order valence-corrected chi connectivity index (χ0v) is 14.0. The van der Waals surface area contributed by atoms with Crippen LogP contribution in [0.4, 0.5) is 0 Å². The molecule has 0 atom stereocenters. The molecule has 2 aromatic heterocycles. The molecule has 0 aliphatic heterocycles. The summed E-state index contributed by atoms with van der Waals surface area (Å²) in [4.78, 5) is 1.41. The normalized spacial score (nSPS) is 10.9. The van der Waals surface area contributed by atoms with Gasteiger partial charge in [-0.05, 0) is 36.3 Å². The Labute approximate surface area is 139 Å². The second-order valence-corrected chi connectivity index (χ2v) is 7.17. The van der Waals surface area contributed by atoms with Gasteiger partial charge in [0.1, 0.15) is 6.33 Å². The van der Waals surface area contributed by atoms with E-state index in [9.17, 15) is 0 Å². The second-order valence-electron chi connectivity index (χ2n) is 5.07. The van der Waals surface area contributed by atoms with E-state index in [-0.39, 0.29) is 0 Å². The van der Waals surface area contributed by atoms with E-state index in [1.54, 1.807) is 11.8 Å². The van der Waals surface area contributed by atoms with Gasteiger partial charge in [0.15, 0.2) is 5.16 Å². The summed E-state index contributed by atoms with van der Waals surface area (Å²) in [5, 5.41) is 11.5. The van der Waals surface area contributed by atoms with Crippen LogP contribution in [0.1, 0.15) is 16.9 Å². The molecule has 0 radical (unpaired) electrons. The smallest absolute Gasteiger partial charge is 0.191 e. The van der Waals surface area contributed by atoms with Gasteiger partial charge in [-0.25, -0.2) is 0 Å². The van der Waals surface area contributed by atoms with Crippen LogP contribution in [0, 0.1) is 0 Å². The molecule has 0 saturated carbocycles. The molecular formula is C17H19N3S2. The molecule has 2 heterocycles. The molecule has 0 saturated heterocycles. The van der Waals surface area contributed by atoms with Crippen LogP contribution in [0.15, 0.2) is 59.3 Å². The van der Waals surface area contributed by atoms with Gasteiger partial charge in [-0.1, -0.05) is 48.2 Å². The van der Waals surface area contributed by atoms with E-state index < -0.39 is 0 Å². The molecule has 0 N–H and O–H groups in total. The number of aromatic nitrogens is 3. The fraction of sp³-hybridized carbons (Fsp3) is 0.294. The molecule has 0 aliphatic carbocycles. The molecule has 114 valence electrons. The summed E-state index contributed by atoms with van der Waals surface area (Å²) in [6, 6.07) is 14.9. The van der Waals surface area contributed by atoms with Crippen LogP contribution < -0.4 is 0 Å². The fourth-order valence-electron chi connectivity index (χ4n) is 2.28. The average molecular weight is 329 g/mol. The maximum atomic E-state index is 4.24. The number of thioether (sulfide) groups is 1. The summed E-state index contributed by atoms with van der Waals surface area (Å²) in [7, 11) is 0. The lowest BCUT2D eigenvalue weighted by molar-refractivity contribution is 0.637. The van der Waals surface area contributed by atoms with E-state index >= 15 is 0 Å². The van der Waals surface area contributed by atoms with Crippen molar-refractivity contribution in [1.29, 1.82) is 0 Å². The van der Waals surface area contributed by atoms with Crippen molar-refractivity contribution >= 4 is 23.1 Å². The Morgan fingerprint density at radius 3 is 2.77 bits per heavy atom. The first-order valence-electron chi connectivity index (χ1n) is 7.49. The van der Waals surface area contributed by atoms with Crippen molar-refractivity contribution in [3.63, 3.8) is 0 Å². The van der Waals surface area contributed by atoms with Crippen LogP contribution in [0.25, 0.3) is 0 Å². The maximum absolute atomic E-state index is 4.24. The Morgan fingerprint density at radius 2 is 1.95 bits per heavy atom. The average Bonchev–Trinajstić information content (AvgIpc) is 3.22. The van der Waals surface area contributed by atoms with Crippen molar-refractivity contribution in [3.05, 3.63) is 64.6 Å². The zero-order valence-electron chi connectivity index (χ0n) is 12.4. The summed E-state index contributed by atoms with van der Waals surface area (Å²) >= 11 is 3.61. The SMILES string of the molecule is c1ccc(CCCSc2nncn2CCc2cccs2)cc1. The summed E-state index contributed by atoms with van der Waals surface area (Å²) in [6.45, 7) is 0.953. The predicted molar refractivity (Wildman–Crippen MR) is 93.5 cm³/mol. The molecule has 3 nitrogen and oxygen atoms in total. The summed E-state index contributed by atoms with van der Waals surface area (Å²) in [5.74, 6) is 1.08. The summed E-state index contributed by atoms with van der Waals surface area (Å²) in [6.07, 6.45) is 5.17. The van der Waals surface area contributed by atoms with Crippen molar-refractivity contribution in [1.82, 2.24) is 14.8 Å². The third kappa shape index (κ3) is 4.45. The van der Waals surface area contributed by atoms with Gasteiger partial charge in [-0.2, -0.15) is 0 Å². The van der Waals surface area contributed by atoms with Crippen molar-refractivity contribution in [3.8, 4) is 0 Å². The topological polar surface area (TPSA) is 30.7 Å². The number of thiophene rings is 1. The highest BCUT2D eigenvalue weighted by Crippen LogP contribution is 2.18. The summed E-state index contributed by atoms with van der Waals surface area (Å²) in [5.41, 5.74) is 1.40. The molecule has 0 amide bonds. The van der Waals surface area contributed by atoms with Crippen LogP contribution in [0.3, 0.4) is 0 Å². The number of hydrogen-bond donors (Lipinski definition) is 0. The van der Waals surface area contributed by atoms with Gasteiger partial charge in [-0.3, -0.25) is 0 Å². The molecule has 0 unspecified atom stereocenters. The molecule has 0 aliphatic rings. The quantitative estimate of drug-likeness (QED) is 0.456. The van der Waals surface area contributed by atoms with Gasteiger partial charge in [0.05, 0.1) is 0 Å². The number of aryl methyl sites for hydroxylation is 3. The van der Waals surface area contributed by atoms with Crippen LogP contribution in [0.5, 0.6) is 0 Å². The lowest BCUT2D eigenvalue weighted by atomic mass is 10.1. The van der Waals surface area contributed by atoms with Gasteiger partial charge >= 0.3 is 0 Å². The second kappa shape index (κ2) is 8.15. The maximum Gasteiger partial charge on any atom is 0.191 e. The number of nitrogens with zero attached hydrogens (tertiary/aromatic N) is 3. The van der Waals surface area contributed by atoms with E-state index in [0.29, 0.717) is 0 Å². The predicted octanol–water partition coefficient (Wildman–Crippen LogP) is 4.31. The Hall–Kier alpha value is -1.59. The van der Waals surface area contributed by atoms with Gasteiger partial charge in [0.25, 0.3) is 0 Å². The Balaban J connectivity index is 1.44. The molecule has 1 aromatic carbocycles. The van der Waals surface area contributed by atoms with Gasteiger partial charge in [0.2, 0.25) is 0 Å². The van der Waals surface area contributed by atoms with Crippen molar-refractivity contribution < 1.29 is 0 Å². The minimum atomic E-state index is 0.953. The molecule has 0 spiro atoms. The molecule has 0 fully saturated rings. The van der Waals surface area contributed by atoms with E-state index in [0.717, 1.165) is 36.7 Å². The lowest BCUT2D eigenvalue weighted by Gasteiger charge is -2.05. The first kappa shape index (κ1) is 15.3. The highest BCUT2D eigenvalue weighted by molar-refractivity contribution is 7.99. The van der Waals surface area contributed by atoms with Gasteiger partial charge in [-0.15, -0.1) is 21.5 Å². The minimum absolute atomic E-state index is 0.953. The minimum Gasteiger partial charge on any atom is -0.308 e. The first-order chi connectivity index (χ1) is 10.9. The van der Waals surface area contributed by atoms with Crippen molar-refractivity contribution in [2.75, 3.05) is 5.75 Å². The summed E-state index contributed by atoms with van der Waals surface area (Å²) < 4.78 is 2.16. The van der Waals surface area contributed by atoms with Crippen molar-refractivity contribution in [2.24, 2.45) is 0 Å². The zero-order chi connectivity index (χ0) is 15.0. The monoisotopic (exact) mass is 329 g/mol. The van der Waals surface area contributed by atoms with E-state index in [1.807, 2.05) is 17.7 Å². The van der Waals surface area contributed by atoms with E-state index in [4.69, 9.17) is 0 Å². The molecule has 22 heavy (non-hydrogen) atoms. The number of hydrogen-bond acceptors (Lipinski definition) is 4. The first-order valence-corrected chi connectivity index (χ1v) is 9.35. The number of rotatable bonds is 8. The molecule has 5 heteroatoms. The highest BCUT2D eigenvalue weighted by atomic mass is 32.2. The van der Waals surface area contributed by atoms with E-state index in [2.05, 4.69) is 62.6 Å². The molecular weight excluding hydrogens is 310 g/mol. The third-order valence-electron chi connectivity index (χ3n) is 3.44. The highest BCUT2D eigenvalue weighted by Gasteiger charge is 2.05. The Morgan fingerprint density at radius 1 is 1.05 bits per heavy atom. The van der Waals surface area contributed by atoms with Crippen LogP contribution in [-0.2, 0) is 19.4 Å². The third-order valence-corrected chi connectivity index (χ3v) is 5.45. The Bertz CT molecular complexity index is 662. The van der Waals surface area contributed by atoms with Crippen LogP contribution in [0.2, 0.25) is 0 Å². The van der Waals surface area contributed by atoms with Crippen LogP contribution in [-0.4, -0.2) is 20.5 Å². The lowest BCUT2D eigenvalue weighted by Crippen LogP contribution is -2.01. The van der Waals surface area contributed by atoms with Crippen LogP contribution >= 0.6 is 23.1 Å². The molecule has 3 rings (SSSR count). The van der Waals surface area contributed by atoms with E-state index in [1.165, 1.54) is 10.4 Å². The van der Waals surface area contributed by atoms with Gasteiger partial charge < -0.3 is 4.57 Å². The largest absolute Gasteiger partial charge is 0.308 e. The Kier molecular flexibility index (Phi) is 5.67. The van der Waals surface area contributed by atoms with Crippen molar-refractivity contribution in [2.45, 2.75) is 31.0 Å². The standard InChI is InChI=1S/C17H19N3S2/c1-2-6-15(7-3-1)8-4-13-22-17-19-18-14-20(17)11-10-16-9-5-12-21-16/h1-3,5-7,9,12,14H,4,8,10-11,13H2. The van der Waals surface area contributed by atoms with Gasteiger partial charge in [0, 0.05) is 17.2 Å². The number of benzene rings is 1. The fourth-order valence-corrected chi connectivity index (χ4v) is 3.86. The molecule has 3 aromatic rings. The molecule has 0 bridgehead atoms.